The number of hydrogen-bond acceptors (Lipinski definition) is 8. The highest BCUT2D eigenvalue weighted by Gasteiger charge is 2.85. The lowest BCUT2D eigenvalue weighted by Gasteiger charge is -2.21. The Labute approximate surface area is 300 Å². The first-order chi connectivity index (χ1) is 23.8. The summed E-state index contributed by atoms with van der Waals surface area (Å²) in [6, 6.07) is 7.31. The van der Waals surface area contributed by atoms with Crippen LogP contribution in [0.1, 0.15) is 127 Å². The number of carbonyl (C=O) groups is 2. The molecule has 1 heterocycles. The molecule has 2 amide bonds. The fraction of sp³-hybridized carbons (Fsp3) is 0.625. The molecule has 10 heteroatoms. The van der Waals surface area contributed by atoms with Gasteiger partial charge in [0.05, 0.1) is 59.9 Å². The molecule has 1 aromatic carbocycles. The van der Waals surface area contributed by atoms with E-state index in [1.807, 2.05) is 33.8 Å². The maximum atomic E-state index is 13.5. The van der Waals surface area contributed by atoms with Gasteiger partial charge in [0.15, 0.2) is 0 Å². The summed E-state index contributed by atoms with van der Waals surface area (Å²) >= 11 is 0. The lowest BCUT2D eigenvalue weighted by molar-refractivity contribution is 0.0942. The van der Waals surface area contributed by atoms with Crippen LogP contribution < -0.4 is 20.1 Å². The number of rotatable bonds is 16. The minimum Gasteiger partial charge on any atom is -0.496 e. The second-order valence-corrected chi connectivity index (χ2v) is 13.7. The highest BCUT2D eigenvalue weighted by atomic mass is 16.5. The number of aromatic nitrogens is 1. The van der Waals surface area contributed by atoms with Crippen molar-refractivity contribution in [3.63, 3.8) is 0 Å². The molecule has 0 radical (unpaired) electrons. The van der Waals surface area contributed by atoms with Crippen LogP contribution in [-0.2, 0) is 4.74 Å². The van der Waals surface area contributed by atoms with Gasteiger partial charge in [0.1, 0.15) is 5.75 Å². The molecule has 50 heavy (non-hydrogen) atoms. The number of methoxy groups -OCH3 is 3. The largest absolute Gasteiger partial charge is 0.496 e. The maximum absolute atomic E-state index is 13.5. The van der Waals surface area contributed by atoms with E-state index in [2.05, 4.69) is 56.3 Å². The van der Waals surface area contributed by atoms with Crippen LogP contribution in [0, 0.1) is 41.4 Å². The summed E-state index contributed by atoms with van der Waals surface area (Å²) < 4.78 is 15.8. The minimum atomic E-state index is -0.460. The van der Waals surface area contributed by atoms with E-state index in [4.69, 9.17) is 19.2 Å². The summed E-state index contributed by atoms with van der Waals surface area (Å²) in [5, 5.41) is 15.1. The Morgan fingerprint density at radius 2 is 1.74 bits per heavy atom. The zero-order valence-electron chi connectivity index (χ0n) is 32.6. The predicted octanol–water partition coefficient (Wildman–Crippen LogP) is 9.10. The number of unbranched alkanes of at least 4 members (excludes halogenated alkanes) is 1. The maximum Gasteiger partial charge on any atom is 0.259 e. The van der Waals surface area contributed by atoms with E-state index in [9.17, 15) is 14.9 Å². The SMILES string of the molecule is CC.CCC(C)C(C)CC(C)COC.CCCCC(C)=Nc1ccc(OC)c(C(=O)Nc2cnc(OC)cc2C(=O)NC23CC2(C#N)C3)c1C. The van der Waals surface area contributed by atoms with Crippen molar-refractivity contribution in [2.45, 2.75) is 113 Å². The van der Waals surface area contributed by atoms with Gasteiger partial charge in [-0.3, -0.25) is 14.6 Å². The highest BCUT2D eigenvalue weighted by Crippen LogP contribution is 2.78. The number of aliphatic imine (C=N–C) groups is 1. The van der Waals surface area contributed by atoms with Crippen LogP contribution in [0.25, 0.3) is 0 Å². The van der Waals surface area contributed by atoms with Crippen molar-refractivity contribution >= 4 is 28.9 Å². The van der Waals surface area contributed by atoms with Crippen LogP contribution in [0.2, 0.25) is 0 Å². The lowest BCUT2D eigenvalue weighted by atomic mass is 9.86. The Hall–Kier alpha value is -3.97. The first-order valence-corrected chi connectivity index (χ1v) is 18.1. The monoisotopic (exact) mass is 691 g/mol. The predicted molar refractivity (Wildman–Crippen MR) is 202 cm³/mol. The minimum absolute atomic E-state index is 0.205. The molecule has 1 aromatic heterocycles. The van der Waals surface area contributed by atoms with Crippen molar-refractivity contribution in [3.05, 3.63) is 41.1 Å². The molecular formula is C40H61N5O5. The molecule has 2 fully saturated rings. The third-order valence-corrected chi connectivity index (χ3v) is 9.91. The van der Waals surface area contributed by atoms with Crippen LogP contribution in [0.4, 0.5) is 11.4 Å². The second kappa shape index (κ2) is 19.4. The summed E-state index contributed by atoms with van der Waals surface area (Å²) in [6.07, 6.45) is 8.27. The smallest absolute Gasteiger partial charge is 0.259 e. The lowest BCUT2D eigenvalue weighted by Crippen LogP contribution is -2.32. The molecule has 3 atom stereocenters. The van der Waals surface area contributed by atoms with Gasteiger partial charge in [-0.2, -0.15) is 5.26 Å². The molecule has 0 saturated heterocycles. The second-order valence-electron chi connectivity index (χ2n) is 13.7. The number of nitrogens with zero attached hydrogens (tertiary/aromatic N) is 3. The summed E-state index contributed by atoms with van der Waals surface area (Å²) in [5.41, 5.74) is 2.21. The number of fused-ring (bicyclic) bond motifs is 1. The van der Waals surface area contributed by atoms with Gasteiger partial charge in [0, 0.05) is 25.5 Å². The average molecular weight is 692 g/mol. The molecule has 0 spiro atoms. The van der Waals surface area contributed by atoms with Crippen molar-refractivity contribution < 1.29 is 23.8 Å². The summed E-state index contributed by atoms with van der Waals surface area (Å²) in [7, 11) is 4.73. The molecular weight excluding hydrogens is 630 g/mol. The number of nitriles is 1. The van der Waals surface area contributed by atoms with Crippen LogP contribution in [0.3, 0.4) is 0 Å². The number of nitrogens with one attached hydrogen (secondary N) is 2. The molecule has 3 unspecified atom stereocenters. The van der Waals surface area contributed by atoms with E-state index in [-0.39, 0.29) is 17.1 Å². The number of pyridine rings is 1. The first-order valence-electron chi connectivity index (χ1n) is 18.1. The zero-order chi connectivity index (χ0) is 37.6. The number of ether oxygens (including phenoxy) is 3. The van der Waals surface area contributed by atoms with E-state index < -0.39 is 22.8 Å². The Morgan fingerprint density at radius 3 is 2.28 bits per heavy atom. The van der Waals surface area contributed by atoms with Gasteiger partial charge >= 0.3 is 0 Å². The average Bonchev–Trinajstić information content (AvgIpc) is 3.95. The standard InChI is InChI=1S/C27H31N5O4.C11H24O.C2H6/c1-6-7-8-16(2)30-19-9-10-21(35-4)23(17(19)3)25(34)31-20-12-29-22(36-5)11-18(20)24(33)32-27-13-26(27,14-27)15-28;1-6-10(3)11(4)7-9(2)8-12-5;1-2/h9-12H,6-8,13-14H2,1-5H3,(H,31,34)(H,32,33);9-11H,6-8H2,1-5H3;1-2H3. The molecule has 0 bridgehead atoms. The number of benzene rings is 1. The van der Waals surface area contributed by atoms with Crippen molar-refractivity contribution in [3.8, 4) is 17.7 Å². The molecule has 2 aliphatic carbocycles. The fourth-order valence-corrected chi connectivity index (χ4v) is 6.15. The summed E-state index contributed by atoms with van der Waals surface area (Å²) in [6.45, 7) is 20.1. The first kappa shape index (κ1) is 42.2. The molecule has 2 N–H and O–H groups in total. The van der Waals surface area contributed by atoms with Gasteiger partial charge in [0.2, 0.25) is 5.88 Å². The van der Waals surface area contributed by atoms with Crippen LogP contribution in [0.15, 0.2) is 29.4 Å². The van der Waals surface area contributed by atoms with Crippen LogP contribution in [0.5, 0.6) is 11.6 Å². The third-order valence-electron chi connectivity index (χ3n) is 9.91. The van der Waals surface area contributed by atoms with Gasteiger partial charge in [-0.15, -0.1) is 0 Å². The van der Waals surface area contributed by atoms with Crippen molar-refractivity contribution in [1.82, 2.24) is 10.3 Å². The topological polar surface area (TPSA) is 135 Å². The highest BCUT2D eigenvalue weighted by molar-refractivity contribution is 6.11. The summed E-state index contributed by atoms with van der Waals surface area (Å²) in [5.74, 6) is 2.19. The fourth-order valence-electron chi connectivity index (χ4n) is 6.15. The molecule has 276 valence electrons. The number of amides is 2. The Bertz CT molecular complexity index is 1510. The van der Waals surface area contributed by atoms with Gasteiger partial charge < -0.3 is 24.8 Å². The van der Waals surface area contributed by atoms with Gasteiger partial charge in [-0.1, -0.05) is 61.3 Å². The normalized spacial score (nSPS) is 20.2. The van der Waals surface area contributed by atoms with Crippen molar-refractivity contribution in [2.24, 2.45) is 28.2 Å². The quantitative estimate of drug-likeness (QED) is 0.168. The van der Waals surface area contributed by atoms with Crippen LogP contribution >= 0.6 is 0 Å². The van der Waals surface area contributed by atoms with Gasteiger partial charge in [-0.25, -0.2) is 4.98 Å². The van der Waals surface area contributed by atoms with Gasteiger partial charge in [0.25, 0.3) is 11.8 Å². The van der Waals surface area contributed by atoms with E-state index in [1.54, 1.807) is 13.2 Å². The van der Waals surface area contributed by atoms with E-state index in [1.165, 1.54) is 39.3 Å². The van der Waals surface area contributed by atoms with E-state index >= 15 is 0 Å². The number of carbonyl (C=O) groups excluding carboxylic acids is 2. The molecule has 2 saturated carbocycles. The Morgan fingerprint density at radius 1 is 1.06 bits per heavy atom. The van der Waals surface area contributed by atoms with Crippen LogP contribution in [-0.4, -0.2) is 56.0 Å². The molecule has 0 aliphatic heterocycles. The third kappa shape index (κ3) is 10.5. The van der Waals surface area contributed by atoms with Gasteiger partial charge in [-0.05, 0) is 81.4 Å². The van der Waals surface area contributed by atoms with Crippen molar-refractivity contribution in [1.29, 1.82) is 5.26 Å². The van der Waals surface area contributed by atoms with Crippen molar-refractivity contribution in [2.75, 3.05) is 33.3 Å². The molecule has 4 rings (SSSR count). The molecule has 2 aliphatic rings. The van der Waals surface area contributed by atoms with E-state index in [0.717, 1.165) is 43.4 Å². The molecule has 10 nitrogen and oxygen atoms in total. The Kier molecular flexibility index (Phi) is 16.4. The Balaban J connectivity index is 0.000000526. The number of hydrogen-bond donors (Lipinski definition) is 2. The number of anilines is 1. The zero-order valence-corrected chi connectivity index (χ0v) is 32.6. The van der Waals surface area contributed by atoms with E-state index in [0.29, 0.717) is 41.3 Å². The summed E-state index contributed by atoms with van der Waals surface area (Å²) in [4.78, 5) is 35.5. The molecule has 2 aromatic rings.